The van der Waals surface area contributed by atoms with E-state index in [9.17, 15) is 9.59 Å². The SMILES string of the molecule is CC(Nc1ncnn2ccnc12)c1nc2cccc(Cl)c2c(=O)n1CCCNC(=O)O. The Kier molecular flexibility index (Phi) is 5.67. The van der Waals surface area contributed by atoms with E-state index in [1.165, 1.54) is 10.9 Å². The Labute approximate surface area is 180 Å². The van der Waals surface area contributed by atoms with Gasteiger partial charge in [0, 0.05) is 25.5 Å². The lowest BCUT2D eigenvalue weighted by molar-refractivity contribution is 0.194. The summed E-state index contributed by atoms with van der Waals surface area (Å²) >= 11 is 6.26. The first-order valence-corrected chi connectivity index (χ1v) is 9.90. The number of benzene rings is 1. The number of fused-ring (bicyclic) bond motifs is 2. The monoisotopic (exact) mass is 442 g/mol. The normalized spacial score (nSPS) is 12.2. The number of rotatable bonds is 7. The Balaban J connectivity index is 1.73. The number of imidazole rings is 1. The predicted molar refractivity (Wildman–Crippen MR) is 114 cm³/mol. The molecule has 0 aliphatic carbocycles. The van der Waals surface area contributed by atoms with E-state index in [4.69, 9.17) is 16.7 Å². The molecule has 0 spiro atoms. The summed E-state index contributed by atoms with van der Waals surface area (Å²) in [6.07, 6.45) is 4.01. The second-order valence-electron chi connectivity index (χ2n) is 6.82. The van der Waals surface area contributed by atoms with Gasteiger partial charge in [0.2, 0.25) is 0 Å². The van der Waals surface area contributed by atoms with Crippen molar-refractivity contribution in [1.82, 2.24) is 34.4 Å². The van der Waals surface area contributed by atoms with Crippen LogP contribution in [0, 0.1) is 0 Å². The summed E-state index contributed by atoms with van der Waals surface area (Å²) in [5, 5.41) is 19.1. The average Bonchev–Trinajstić information content (AvgIpc) is 3.22. The Hall–Kier alpha value is -3.73. The van der Waals surface area contributed by atoms with Gasteiger partial charge in [0.1, 0.15) is 12.2 Å². The minimum absolute atomic E-state index is 0.199. The van der Waals surface area contributed by atoms with Gasteiger partial charge in [-0.1, -0.05) is 17.7 Å². The number of nitrogens with one attached hydrogen (secondary N) is 2. The molecular formula is C19H19ClN8O3. The predicted octanol–water partition coefficient (Wildman–Crippen LogP) is 2.32. The third kappa shape index (κ3) is 4.12. The van der Waals surface area contributed by atoms with E-state index in [1.54, 1.807) is 35.1 Å². The third-order valence-corrected chi connectivity index (χ3v) is 5.05. The molecule has 160 valence electrons. The zero-order valence-electron chi connectivity index (χ0n) is 16.5. The van der Waals surface area contributed by atoms with Crippen LogP contribution in [-0.2, 0) is 6.54 Å². The molecule has 0 radical (unpaired) electrons. The highest BCUT2D eigenvalue weighted by Crippen LogP contribution is 2.23. The van der Waals surface area contributed by atoms with Crippen LogP contribution in [0.5, 0.6) is 0 Å². The first-order chi connectivity index (χ1) is 15.0. The Morgan fingerprint density at radius 3 is 2.97 bits per heavy atom. The van der Waals surface area contributed by atoms with Gasteiger partial charge in [-0.2, -0.15) is 5.10 Å². The number of hydrogen-bond acceptors (Lipinski definition) is 7. The molecule has 0 saturated carbocycles. The van der Waals surface area contributed by atoms with Crippen molar-refractivity contribution < 1.29 is 9.90 Å². The number of anilines is 1. The van der Waals surface area contributed by atoms with E-state index in [2.05, 4.69) is 30.7 Å². The van der Waals surface area contributed by atoms with Crippen LogP contribution in [0.2, 0.25) is 5.02 Å². The second kappa shape index (κ2) is 8.56. The maximum Gasteiger partial charge on any atom is 0.404 e. The molecule has 4 rings (SSSR count). The lowest BCUT2D eigenvalue weighted by Crippen LogP contribution is -2.31. The minimum atomic E-state index is -1.12. The molecular weight excluding hydrogens is 424 g/mol. The number of amides is 1. The zero-order valence-corrected chi connectivity index (χ0v) is 17.2. The fraction of sp³-hybridized carbons (Fsp3) is 0.263. The van der Waals surface area contributed by atoms with Crippen LogP contribution in [0.3, 0.4) is 0 Å². The van der Waals surface area contributed by atoms with Crippen molar-refractivity contribution in [3.05, 3.63) is 58.1 Å². The van der Waals surface area contributed by atoms with Crippen molar-refractivity contribution in [2.24, 2.45) is 0 Å². The number of halogens is 1. The Morgan fingerprint density at radius 2 is 2.16 bits per heavy atom. The summed E-state index contributed by atoms with van der Waals surface area (Å²) in [4.78, 5) is 37.2. The molecule has 0 bridgehead atoms. The van der Waals surface area contributed by atoms with E-state index in [1.807, 2.05) is 6.92 Å². The van der Waals surface area contributed by atoms with Crippen molar-refractivity contribution in [2.45, 2.75) is 25.9 Å². The molecule has 4 aromatic rings. The Morgan fingerprint density at radius 1 is 1.32 bits per heavy atom. The summed E-state index contributed by atoms with van der Waals surface area (Å²) < 4.78 is 3.10. The van der Waals surface area contributed by atoms with E-state index < -0.39 is 12.1 Å². The fourth-order valence-corrected chi connectivity index (χ4v) is 3.60. The van der Waals surface area contributed by atoms with Gasteiger partial charge in [0.25, 0.3) is 5.56 Å². The van der Waals surface area contributed by atoms with Crippen molar-refractivity contribution in [1.29, 1.82) is 0 Å². The molecule has 1 amide bonds. The zero-order chi connectivity index (χ0) is 22.0. The smallest absolute Gasteiger partial charge is 0.404 e. The Bertz CT molecular complexity index is 1320. The van der Waals surface area contributed by atoms with Gasteiger partial charge in [-0.25, -0.2) is 24.3 Å². The number of aromatic nitrogens is 6. The molecule has 11 nitrogen and oxygen atoms in total. The maximum absolute atomic E-state index is 13.3. The van der Waals surface area contributed by atoms with Gasteiger partial charge in [0.15, 0.2) is 11.5 Å². The second-order valence-corrected chi connectivity index (χ2v) is 7.22. The number of carboxylic acid groups (broad SMARTS) is 1. The number of hydrogen-bond donors (Lipinski definition) is 3. The molecule has 0 aliphatic heterocycles. The van der Waals surface area contributed by atoms with Crippen LogP contribution in [0.25, 0.3) is 16.6 Å². The van der Waals surface area contributed by atoms with Crippen LogP contribution >= 0.6 is 11.6 Å². The van der Waals surface area contributed by atoms with Crippen LogP contribution in [0.1, 0.15) is 25.2 Å². The third-order valence-electron chi connectivity index (χ3n) is 4.73. The fourth-order valence-electron chi connectivity index (χ4n) is 3.35. The summed E-state index contributed by atoms with van der Waals surface area (Å²) in [6, 6.07) is 4.69. The average molecular weight is 443 g/mol. The first kappa shape index (κ1) is 20.5. The first-order valence-electron chi connectivity index (χ1n) is 9.52. The molecule has 3 aromatic heterocycles. The summed E-state index contributed by atoms with van der Waals surface area (Å²) in [7, 11) is 0. The van der Waals surface area contributed by atoms with Crippen molar-refractivity contribution in [2.75, 3.05) is 11.9 Å². The molecule has 12 heteroatoms. The van der Waals surface area contributed by atoms with E-state index >= 15 is 0 Å². The van der Waals surface area contributed by atoms with Crippen molar-refractivity contribution in [3.63, 3.8) is 0 Å². The van der Waals surface area contributed by atoms with Crippen LogP contribution < -0.4 is 16.2 Å². The van der Waals surface area contributed by atoms with E-state index in [-0.39, 0.29) is 18.6 Å². The number of nitrogens with zero attached hydrogens (tertiary/aromatic N) is 6. The molecule has 3 heterocycles. The molecule has 0 aliphatic rings. The van der Waals surface area contributed by atoms with Crippen LogP contribution in [0.4, 0.5) is 10.6 Å². The molecule has 0 saturated heterocycles. The maximum atomic E-state index is 13.3. The van der Waals surface area contributed by atoms with Crippen molar-refractivity contribution >= 4 is 40.1 Å². The molecule has 1 aromatic carbocycles. The topological polar surface area (TPSA) is 139 Å². The van der Waals surface area contributed by atoms with E-state index in [0.717, 1.165) is 0 Å². The van der Waals surface area contributed by atoms with Gasteiger partial charge < -0.3 is 15.7 Å². The van der Waals surface area contributed by atoms with Crippen molar-refractivity contribution in [3.8, 4) is 0 Å². The molecule has 31 heavy (non-hydrogen) atoms. The highest BCUT2D eigenvalue weighted by atomic mass is 35.5. The molecule has 0 fully saturated rings. The summed E-state index contributed by atoms with van der Waals surface area (Å²) in [6.45, 7) is 2.31. The lowest BCUT2D eigenvalue weighted by atomic mass is 10.2. The van der Waals surface area contributed by atoms with Gasteiger partial charge in [-0.05, 0) is 25.5 Å². The lowest BCUT2D eigenvalue weighted by Gasteiger charge is -2.20. The summed E-state index contributed by atoms with van der Waals surface area (Å²) in [5.74, 6) is 0.963. The van der Waals surface area contributed by atoms with Gasteiger partial charge in [-0.3, -0.25) is 9.36 Å². The largest absolute Gasteiger partial charge is 0.465 e. The van der Waals surface area contributed by atoms with Crippen LogP contribution in [-0.4, -0.2) is 46.9 Å². The van der Waals surface area contributed by atoms with E-state index in [0.29, 0.717) is 39.6 Å². The minimum Gasteiger partial charge on any atom is -0.465 e. The molecule has 3 N–H and O–H groups in total. The van der Waals surface area contributed by atoms with Gasteiger partial charge in [-0.15, -0.1) is 0 Å². The number of carbonyl (C=O) groups is 1. The summed E-state index contributed by atoms with van der Waals surface area (Å²) in [5.41, 5.74) is 0.732. The highest BCUT2D eigenvalue weighted by molar-refractivity contribution is 6.35. The molecule has 1 unspecified atom stereocenters. The van der Waals surface area contributed by atoms with Gasteiger partial charge >= 0.3 is 6.09 Å². The quantitative estimate of drug-likeness (QED) is 0.370. The van der Waals surface area contributed by atoms with Gasteiger partial charge in [0.05, 0.1) is 22.0 Å². The standard InChI is InChI=1S/C19H19ClN8O3/c1-11(25-15-17-21-7-9-28(17)24-10-23-15)16-26-13-5-2-4-12(20)14(13)18(29)27(16)8-3-6-22-19(30)31/h2,4-5,7,9-11,22H,3,6,8H2,1H3,(H,30,31)(H,23,24,25). The molecule has 1 atom stereocenters. The highest BCUT2D eigenvalue weighted by Gasteiger charge is 2.19. The van der Waals surface area contributed by atoms with Crippen LogP contribution in [0.15, 0.2) is 41.7 Å².